The predicted molar refractivity (Wildman–Crippen MR) is 79.6 cm³/mol. The molecule has 1 aromatic rings. The molecule has 0 bridgehead atoms. The van der Waals surface area contributed by atoms with Crippen LogP contribution >= 0.6 is 23.2 Å². The van der Waals surface area contributed by atoms with Crippen LogP contribution in [0.3, 0.4) is 0 Å². The summed E-state index contributed by atoms with van der Waals surface area (Å²) in [5, 5.41) is 23.4. The van der Waals surface area contributed by atoms with Gasteiger partial charge in [-0.25, -0.2) is 0 Å². The van der Waals surface area contributed by atoms with Crippen LogP contribution in [0.15, 0.2) is 18.2 Å². The Hall–Kier alpha value is -0.520. The second-order valence-corrected chi connectivity index (χ2v) is 5.92. The Balaban J connectivity index is 1.63. The zero-order valence-corrected chi connectivity index (χ0v) is 12.6. The summed E-state index contributed by atoms with van der Waals surface area (Å²) >= 11 is 11.7. The molecule has 3 N–H and O–H groups in total. The van der Waals surface area contributed by atoms with E-state index in [-0.39, 0.29) is 12.7 Å². The van der Waals surface area contributed by atoms with E-state index in [0.29, 0.717) is 34.8 Å². The number of aliphatic hydroxyl groups is 2. The summed E-state index contributed by atoms with van der Waals surface area (Å²) in [5.74, 6) is 1.00. The van der Waals surface area contributed by atoms with Crippen LogP contribution in [0.5, 0.6) is 5.75 Å². The van der Waals surface area contributed by atoms with Gasteiger partial charge in [0.05, 0.1) is 16.1 Å². The molecular formula is C14H19Cl2NO3. The monoisotopic (exact) mass is 319 g/mol. The Labute approximate surface area is 128 Å². The first-order valence-electron chi connectivity index (χ1n) is 6.71. The quantitative estimate of drug-likeness (QED) is 0.686. The van der Waals surface area contributed by atoms with Crippen molar-refractivity contribution in [3.05, 3.63) is 28.2 Å². The van der Waals surface area contributed by atoms with E-state index < -0.39 is 6.10 Å². The van der Waals surface area contributed by atoms with Gasteiger partial charge in [-0.1, -0.05) is 23.2 Å². The molecule has 0 saturated heterocycles. The molecule has 6 heteroatoms. The van der Waals surface area contributed by atoms with E-state index in [1.807, 2.05) is 0 Å². The van der Waals surface area contributed by atoms with Gasteiger partial charge >= 0.3 is 0 Å². The number of ether oxygens (including phenoxy) is 1. The van der Waals surface area contributed by atoms with Crippen LogP contribution in [0.1, 0.15) is 12.8 Å². The maximum absolute atomic E-state index is 9.77. The third-order valence-electron chi connectivity index (χ3n) is 3.23. The van der Waals surface area contributed by atoms with Gasteiger partial charge in [0, 0.05) is 19.2 Å². The van der Waals surface area contributed by atoms with Crippen molar-refractivity contribution >= 4 is 23.2 Å². The summed E-state index contributed by atoms with van der Waals surface area (Å²) in [4.78, 5) is 0. The molecule has 0 aliphatic heterocycles. The SMILES string of the molecule is OC(CNCC(O)C1CC1)COc1ccc(Cl)c(Cl)c1. The molecule has 2 rings (SSSR count). The highest BCUT2D eigenvalue weighted by molar-refractivity contribution is 6.42. The van der Waals surface area contributed by atoms with E-state index >= 15 is 0 Å². The zero-order chi connectivity index (χ0) is 14.5. The number of benzene rings is 1. The van der Waals surface area contributed by atoms with Crippen molar-refractivity contribution in [1.29, 1.82) is 0 Å². The van der Waals surface area contributed by atoms with Crippen LogP contribution < -0.4 is 10.1 Å². The predicted octanol–water partition coefficient (Wildman–Crippen LogP) is 2.09. The van der Waals surface area contributed by atoms with E-state index in [0.717, 1.165) is 12.8 Å². The normalized spacial score (nSPS) is 17.8. The van der Waals surface area contributed by atoms with Crippen LogP contribution in [0, 0.1) is 5.92 Å². The molecule has 2 atom stereocenters. The van der Waals surface area contributed by atoms with Crippen molar-refractivity contribution in [3.8, 4) is 5.75 Å². The number of hydrogen-bond donors (Lipinski definition) is 3. The van der Waals surface area contributed by atoms with Crippen LogP contribution in [-0.4, -0.2) is 42.1 Å². The Morgan fingerprint density at radius 3 is 2.60 bits per heavy atom. The highest BCUT2D eigenvalue weighted by Crippen LogP contribution is 2.32. The highest BCUT2D eigenvalue weighted by atomic mass is 35.5. The Morgan fingerprint density at radius 2 is 1.95 bits per heavy atom. The van der Waals surface area contributed by atoms with Gasteiger partial charge in [0.25, 0.3) is 0 Å². The first kappa shape index (κ1) is 15.9. The molecular weight excluding hydrogens is 301 g/mol. The second kappa shape index (κ2) is 7.48. The number of rotatable bonds is 8. The summed E-state index contributed by atoms with van der Waals surface area (Å²) in [6.45, 7) is 1.05. The van der Waals surface area contributed by atoms with Crippen molar-refractivity contribution in [3.63, 3.8) is 0 Å². The van der Waals surface area contributed by atoms with E-state index in [1.165, 1.54) is 0 Å². The van der Waals surface area contributed by atoms with Gasteiger partial charge < -0.3 is 20.3 Å². The minimum Gasteiger partial charge on any atom is -0.491 e. The summed E-state index contributed by atoms with van der Waals surface area (Å²) < 4.78 is 5.43. The van der Waals surface area contributed by atoms with Crippen LogP contribution in [-0.2, 0) is 0 Å². The molecule has 0 amide bonds. The molecule has 0 aromatic heterocycles. The van der Waals surface area contributed by atoms with Gasteiger partial charge in [0.1, 0.15) is 18.5 Å². The Kier molecular flexibility index (Phi) is 5.93. The molecule has 112 valence electrons. The van der Waals surface area contributed by atoms with Crippen molar-refractivity contribution in [2.45, 2.75) is 25.0 Å². The average molecular weight is 320 g/mol. The maximum Gasteiger partial charge on any atom is 0.121 e. The van der Waals surface area contributed by atoms with Crippen LogP contribution in [0.25, 0.3) is 0 Å². The van der Waals surface area contributed by atoms with Crippen molar-refractivity contribution in [2.24, 2.45) is 5.92 Å². The largest absolute Gasteiger partial charge is 0.491 e. The van der Waals surface area contributed by atoms with Crippen molar-refractivity contribution in [1.82, 2.24) is 5.32 Å². The summed E-state index contributed by atoms with van der Waals surface area (Å²) in [6.07, 6.45) is 1.26. The number of nitrogens with one attached hydrogen (secondary N) is 1. The minimum atomic E-state index is -0.643. The van der Waals surface area contributed by atoms with E-state index in [2.05, 4.69) is 5.32 Å². The fourth-order valence-electron chi connectivity index (χ4n) is 1.86. The third-order valence-corrected chi connectivity index (χ3v) is 3.97. The lowest BCUT2D eigenvalue weighted by atomic mass is 10.2. The number of hydrogen-bond acceptors (Lipinski definition) is 4. The molecule has 0 radical (unpaired) electrons. The molecule has 4 nitrogen and oxygen atoms in total. The molecule has 1 aliphatic carbocycles. The molecule has 0 heterocycles. The summed E-state index contributed by atoms with van der Waals surface area (Å²) in [6, 6.07) is 4.96. The zero-order valence-electron chi connectivity index (χ0n) is 11.1. The summed E-state index contributed by atoms with van der Waals surface area (Å²) in [7, 11) is 0. The van der Waals surface area contributed by atoms with Crippen molar-refractivity contribution < 1.29 is 14.9 Å². The standard InChI is InChI=1S/C14H19Cl2NO3/c15-12-4-3-11(5-13(12)16)20-8-10(18)6-17-7-14(19)9-1-2-9/h3-5,9-10,14,17-19H,1-2,6-8H2. The lowest BCUT2D eigenvalue weighted by Gasteiger charge is -2.15. The molecule has 20 heavy (non-hydrogen) atoms. The fraction of sp³-hybridized carbons (Fsp3) is 0.571. The van der Waals surface area contributed by atoms with Gasteiger partial charge in [-0.05, 0) is 30.9 Å². The second-order valence-electron chi connectivity index (χ2n) is 5.10. The van der Waals surface area contributed by atoms with Gasteiger partial charge in [-0.15, -0.1) is 0 Å². The number of aliphatic hydroxyl groups excluding tert-OH is 2. The van der Waals surface area contributed by atoms with Crippen molar-refractivity contribution in [2.75, 3.05) is 19.7 Å². The topological polar surface area (TPSA) is 61.7 Å². The van der Waals surface area contributed by atoms with E-state index in [9.17, 15) is 10.2 Å². The van der Waals surface area contributed by atoms with Crippen LogP contribution in [0.4, 0.5) is 0 Å². The molecule has 0 spiro atoms. The summed E-state index contributed by atoms with van der Waals surface area (Å²) in [5.41, 5.74) is 0. The van der Waals surface area contributed by atoms with Gasteiger partial charge in [-0.3, -0.25) is 0 Å². The average Bonchev–Trinajstić information content (AvgIpc) is 3.24. The minimum absolute atomic E-state index is 0.157. The molecule has 2 unspecified atom stereocenters. The molecule has 1 aliphatic rings. The Morgan fingerprint density at radius 1 is 1.20 bits per heavy atom. The maximum atomic E-state index is 9.77. The van der Waals surface area contributed by atoms with E-state index in [4.69, 9.17) is 27.9 Å². The molecule has 1 saturated carbocycles. The smallest absolute Gasteiger partial charge is 0.121 e. The molecule has 1 fully saturated rings. The lowest BCUT2D eigenvalue weighted by Crippen LogP contribution is -2.36. The highest BCUT2D eigenvalue weighted by Gasteiger charge is 2.29. The number of halogens is 2. The Bertz CT molecular complexity index is 440. The fourth-order valence-corrected chi connectivity index (χ4v) is 2.15. The first-order valence-corrected chi connectivity index (χ1v) is 7.46. The molecule has 1 aromatic carbocycles. The van der Waals surface area contributed by atoms with Crippen LogP contribution in [0.2, 0.25) is 10.0 Å². The van der Waals surface area contributed by atoms with Gasteiger partial charge in [0.2, 0.25) is 0 Å². The van der Waals surface area contributed by atoms with Gasteiger partial charge in [-0.2, -0.15) is 0 Å². The van der Waals surface area contributed by atoms with E-state index in [1.54, 1.807) is 18.2 Å². The lowest BCUT2D eigenvalue weighted by molar-refractivity contribution is 0.0966. The van der Waals surface area contributed by atoms with Gasteiger partial charge in [0.15, 0.2) is 0 Å². The first-order chi connectivity index (χ1) is 9.56. The third kappa shape index (κ3) is 5.11.